The number of halogens is 2. The molecular formula is C13H15ClFN3. The minimum Gasteiger partial charge on any atom is -0.378 e. The summed E-state index contributed by atoms with van der Waals surface area (Å²) in [7, 11) is 0. The van der Waals surface area contributed by atoms with Crippen molar-refractivity contribution in [1.82, 2.24) is 9.78 Å². The van der Waals surface area contributed by atoms with E-state index in [4.69, 9.17) is 11.6 Å². The van der Waals surface area contributed by atoms with Crippen molar-refractivity contribution in [3.63, 3.8) is 0 Å². The maximum atomic E-state index is 13.0. The lowest BCUT2D eigenvalue weighted by Crippen LogP contribution is -2.01. The van der Waals surface area contributed by atoms with Crippen molar-refractivity contribution in [3.8, 4) is 0 Å². The molecule has 0 unspecified atom stereocenters. The van der Waals surface area contributed by atoms with Crippen molar-refractivity contribution in [2.75, 3.05) is 5.32 Å². The fourth-order valence-electron chi connectivity index (χ4n) is 1.57. The van der Waals surface area contributed by atoms with E-state index in [1.54, 1.807) is 18.3 Å². The topological polar surface area (TPSA) is 29.9 Å². The molecule has 0 aliphatic rings. The molecule has 0 saturated heterocycles. The Hall–Kier alpha value is -1.55. The summed E-state index contributed by atoms with van der Waals surface area (Å²) in [5, 5.41) is 7.59. The molecule has 1 heterocycles. The van der Waals surface area contributed by atoms with Crippen LogP contribution in [0.2, 0.25) is 5.02 Å². The van der Waals surface area contributed by atoms with E-state index in [2.05, 4.69) is 24.3 Å². The molecule has 18 heavy (non-hydrogen) atoms. The van der Waals surface area contributed by atoms with Crippen molar-refractivity contribution in [2.24, 2.45) is 0 Å². The summed E-state index contributed by atoms with van der Waals surface area (Å²) >= 11 is 5.72. The van der Waals surface area contributed by atoms with E-state index in [0.29, 0.717) is 12.6 Å². The van der Waals surface area contributed by atoms with E-state index in [1.165, 1.54) is 6.07 Å². The van der Waals surface area contributed by atoms with E-state index in [0.717, 1.165) is 11.3 Å². The van der Waals surface area contributed by atoms with Gasteiger partial charge in [-0.1, -0.05) is 17.7 Å². The molecule has 0 spiro atoms. The van der Waals surface area contributed by atoms with Crippen LogP contribution >= 0.6 is 11.6 Å². The summed E-state index contributed by atoms with van der Waals surface area (Å²) in [5.74, 6) is -0.395. The van der Waals surface area contributed by atoms with Crippen molar-refractivity contribution in [3.05, 3.63) is 47.0 Å². The molecule has 2 rings (SSSR count). The zero-order chi connectivity index (χ0) is 13.1. The van der Waals surface area contributed by atoms with Gasteiger partial charge in [-0.05, 0) is 31.5 Å². The highest BCUT2D eigenvalue weighted by Crippen LogP contribution is 2.17. The summed E-state index contributed by atoms with van der Waals surface area (Å²) in [6.07, 6.45) is 3.71. The first-order chi connectivity index (χ1) is 8.56. The second-order valence-electron chi connectivity index (χ2n) is 4.40. The molecule has 3 nitrogen and oxygen atoms in total. The van der Waals surface area contributed by atoms with Gasteiger partial charge in [0.05, 0.1) is 16.9 Å². The minimum absolute atomic E-state index is 0.146. The zero-order valence-electron chi connectivity index (χ0n) is 10.3. The van der Waals surface area contributed by atoms with Gasteiger partial charge in [0, 0.05) is 18.8 Å². The standard InChI is InChI=1S/C13H15ClFN3/c1-9(2)18-8-11(7-17-18)16-6-10-3-4-13(15)12(14)5-10/h3-5,7-9,16H,6H2,1-2H3. The Morgan fingerprint density at radius 2 is 2.22 bits per heavy atom. The molecule has 0 atom stereocenters. The highest BCUT2D eigenvalue weighted by atomic mass is 35.5. The molecule has 0 saturated carbocycles. The Labute approximate surface area is 111 Å². The van der Waals surface area contributed by atoms with Gasteiger partial charge in [0.15, 0.2) is 0 Å². The zero-order valence-corrected chi connectivity index (χ0v) is 11.1. The molecule has 0 bridgehead atoms. The number of aromatic nitrogens is 2. The van der Waals surface area contributed by atoms with Gasteiger partial charge in [-0.3, -0.25) is 4.68 Å². The maximum Gasteiger partial charge on any atom is 0.141 e. The van der Waals surface area contributed by atoms with Gasteiger partial charge < -0.3 is 5.32 Å². The summed E-state index contributed by atoms with van der Waals surface area (Å²) in [6.45, 7) is 4.72. The molecule has 0 fully saturated rings. The smallest absolute Gasteiger partial charge is 0.141 e. The molecular weight excluding hydrogens is 253 g/mol. The number of nitrogens with zero attached hydrogens (tertiary/aromatic N) is 2. The Morgan fingerprint density at radius 1 is 1.44 bits per heavy atom. The van der Waals surface area contributed by atoms with Crippen LogP contribution in [0.4, 0.5) is 10.1 Å². The molecule has 1 aromatic heterocycles. The molecule has 96 valence electrons. The van der Waals surface area contributed by atoms with Crippen LogP contribution in [0, 0.1) is 5.82 Å². The van der Waals surface area contributed by atoms with Gasteiger partial charge in [0.2, 0.25) is 0 Å². The molecule has 0 radical (unpaired) electrons. The third-order valence-electron chi connectivity index (χ3n) is 2.61. The molecule has 1 N–H and O–H groups in total. The first-order valence-corrected chi connectivity index (χ1v) is 6.16. The fraction of sp³-hybridized carbons (Fsp3) is 0.308. The SMILES string of the molecule is CC(C)n1cc(NCc2ccc(F)c(Cl)c2)cn1. The van der Waals surface area contributed by atoms with Gasteiger partial charge in [-0.15, -0.1) is 0 Å². The van der Waals surface area contributed by atoms with Crippen LogP contribution in [-0.4, -0.2) is 9.78 Å². The van der Waals surface area contributed by atoms with Crippen LogP contribution in [-0.2, 0) is 6.54 Å². The van der Waals surface area contributed by atoms with Crippen LogP contribution in [0.1, 0.15) is 25.5 Å². The summed E-state index contributed by atoms with van der Waals surface area (Å²) in [4.78, 5) is 0. The average Bonchev–Trinajstić information content (AvgIpc) is 2.79. The lowest BCUT2D eigenvalue weighted by atomic mass is 10.2. The van der Waals surface area contributed by atoms with Crippen LogP contribution < -0.4 is 5.32 Å². The first kappa shape index (κ1) is 12.9. The second-order valence-corrected chi connectivity index (χ2v) is 4.81. The highest BCUT2D eigenvalue weighted by molar-refractivity contribution is 6.30. The molecule has 0 amide bonds. The van der Waals surface area contributed by atoms with E-state index in [9.17, 15) is 4.39 Å². The maximum absolute atomic E-state index is 13.0. The monoisotopic (exact) mass is 267 g/mol. The van der Waals surface area contributed by atoms with Crippen molar-refractivity contribution in [1.29, 1.82) is 0 Å². The van der Waals surface area contributed by atoms with Gasteiger partial charge in [-0.25, -0.2) is 4.39 Å². The predicted octanol–water partition coefficient (Wildman–Crippen LogP) is 3.87. The van der Waals surface area contributed by atoms with E-state index < -0.39 is 5.82 Å². The van der Waals surface area contributed by atoms with Gasteiger partial charge in [0.25, 0.3) is 0 Å². The second kappa shape index (κ2) is 5.40. The highest BCUT2D eigenvalue weighted by Gasteiger charge is 2.03. The number of benzene rings is 1. The number of hydrogen-bond acceptors (Lipinski definition) is 2. The van der Waals surface area contributed by atoms with Crippen molar-refractivity contribution >= 4 is 17.3 Å². The predicted molar refractivity (Wildman–Crippen MR) is 71.3 cm³/mol. The molecule has 0 aliphatic carbocycles. The molecule has 1 aromatic carbocycles. The molecule has 5 heteroatoms. The Balaban J connectivity index is 2.00. The van der Waals surface area contributed by atoms with Crippen LogP contribution in [0.5, 0.6) is 0 Å². The molecule has 2 aromatic rings. The van der Waals surface area contributed by atoms with Gasteiger partial charge >= 0.3 is 0 Å². The number of anilines is 1. The number of nitrogens with one attached hydrogen (secondary N) is 1. The normalized spacial score (nSPS) is 10.9. The van der Waals surface area contributed by atoms with E-state index in [1.807, 2.05) is 10.9 Å². The summed E-state index contributed by atoms with van der Waals surface area (Å²) < 4.78 is 14.9. The Morgan fingerprint density at radius 3 is 2.83 bits per heavy atom. The van der Waals surface area contributed by atoms with Crippen molar-refractivity contribution in [2.45, 2.75) is 26.4 Å². The van der Waals surface area contributed by atoms with Gasteiger partial charge in [0.1, 0.15) is 5.82 Å². The number of hydrogen-bond donors (Lipinski definition) is 1. The lowest BCUT2D eigenvalue weighted by Gasteiger charge is -2.05. The van der Waals surface area contributed by atoms with E-state index >= 15 is 0 Å². The Kier molecular flexibility index (Phi) is 3.87. The van der Waals surface area contributed by atoms with Crippen LogP contribution in [0.3, 0.4) is 0 Å². The van der Waals surface area contributed by atoms with Crippen LogP contribution in [0.25, 0.3) is 0 Å². The summed E-state index contributed by atoms with van der Waals surface area (Å²) in [6, 6.07) is 5.04. The minimum atomic E-state index is -0.395. The van der Waals surface area contributed by atoms with Gasteiger partial charge in [-0.2, -0.15) is 5.10 Å². The average molecular weight is 268 g/mol. The van der Waals surface area contributed by atoms with Crippen LogP contribution in [0.15, 0.2) is 30.6 Å². The quantitative estimate of drug-likeness (QED) is 0.911. The number of rotatable bonds is 4. The lowest BCUT2D eigenvalue weighted by molar-refractivity contribution is 0.532. The third-order valence-corrected chi connectivity index (χ3v) is 2.90. The third kappa shape index (κ3) is 3.01. The van der Waals surface area contributed by atoms with E-state index in [-0.39, 0.29) is 5.02 Å². The molecule has 0 aliphatic heterocycles. The first-order valence-electron chi connectivity index (χ1n) is 5.78. The largest absolute Gasteiger partial charge is 0.378 e. The Bertz CT molecular complexity index is 537. The fourth-order valence-corrected chi connectivity index (χ4v) is 1.77. The summed E-state index contributed by atoms with van der Waals surface area (Å²) in [5.41, 5.74) is 1.86. The van der Waals surface area contributed by atoms with Crippen molar-refractivity contribution < 1.29 is 4.39 Å².